The second kappa shape index (κ2) is 7.09. The van der Waals surface area contributed by atoms with E-state index in [1.165, 1.54) is 6.26 Å². The SMILES string of the molecule is CCOC(=O)[C@@H]1CCCN(C2CCCC(S(C)(=O)=O)C2)C1. The zero-order valence-corrected chi connectivity index (χ0v) is 13.9. The number of sulfone groups is 1. The molecule has 1 heterocycles. The Balaban J connectivity index is 1.96. The number of hydrogen-bond donors (Lipinski definition) is 0. The molecule has 0 bridgehead atoms. The van der Waals surface area contributed by atoms with Gasteiger partial charge in [-0.25, -0.2) is 8.42 Å². The minimum atomic E-state index is -2.95. The number of nitrogens with zero attached hydrogens (tertiary/aromatic N) is 1. The van der Waals surface area contributed by atoms with E-state index in [0.29, 0.717) is 19.1 Å². The first-order chi connectivity index (χ1) is 9.91. The summed E-state index contributed by atoms with van der Waals surface area (Å²) in [7, 11) is -2.95. The lowest BCUT2D eigenvalue weighted by Crippen LogP contribution is -2.48. The topological polar surface area (TPSA) is 63.7 Å². The summed E-state index contributed by atoms with van der Waals surface area (Å²) in [6.45, 7) is 3.95. The maximum Gasteiger partial charge on any atom is 0.310 e. The number of piperidine rings is 1. The van der Waals surface area contributed by atoms with E-state index in [2.05, 4.69) is 4.90 Å². The zero-order chi connectivity index (χ0) is 15.5. The number of ether oxygens (including phenoxy) is 1. The van der Waals surface area contributed by atoms with Crippen LogP contribution >= 0.6 is 0 Å². The van der Waals surface area contributed by atoms with Crippen molar-refractivity contribution in [3.63, 3.8) is 0 Å². The number of rotatable bonds is 4. The second-order valence-corrected chi connectivity index (χ2v) is 8.68. The standard InChI is InChI=1S/C15H27NO4S/c1-3-20-15(17)12-6-5-9-16(11-12)13-7-4-8-14(10-13)21(2,18)19/h12-14H,3-11H2,1-2H3/t12-,13?,14?/m1/s1. The molecule has 0 aromatic carbocycles. The van der Waals surface area contributed by atoms with Gasteiger partial charge >= 0.3 is 5.97 Å². The Hall–Kier alpha value is -0.620. The van der Waals surface area contributed by atoms with Crippen LogP contribution < -0.4 is 0 Å². The van der Waals surface area contributed by atoms with Crippen molar-refractivity contribution < 1.29 is 17.9 Å². The average molecular weight is 317 g/mol. The fraction of sp³-hybridized carbons (Fsp3) is 0.933. The molecule has 21 heavy (non-hydrogen) atoms. The number of esters is 1. The third-order valence-corrected chi connectivity index (χ3v) is 6.43. The molecule has 0 N–H and O–H groups in total. The first kappa shape index (κ1) is 16.7. The van der Waals surface area contributed by atoms with E-state index in [9.17, 15) is 13.2 Å². The van der Waals surface area contributed by atoms with E-state index in [1.54, 1.807) is 0 Å². The van der Waals surface area contributed by atoms with Crippen LogP contribution in [-0.4, -0.2) is 56.5 Å². The summed E-state index contributed by atoms with van der Waals surface area (Å²) in [6, 6.07) is 0.302. The monoisotopic (exact) mass is 317 g/mol. The Labute approximate surface area is 127 Å². The highest BCUT2D eigenvalue weighted by Gasteiger charge is 2.35. The molecule has 2 aliphatic rings. The molecular formula is C15H27NO4S. The molecule has 1 aliphatic heterocycles. The summed E-state index contributed by atoms with van der Waals surface area (Å²) < 4.78 is 28.7. The molecule has 1 saturated heterocycles. The van der Waals surface area contributed by atoms with Crippen molar-refractivity contribution in [3.8, 4) is 0 Å². The van der Waals surface area contributed by atoms with Gasteiger partial charge in [0.2, 0.25) is 0 Å². The lowest BCUT2D eigenvalue weighted by Gasteiger charge is -2.40. The minimum Gasteiger partial charge on any atom is -0.466 e. The molecular weight excluding hydrogens is 290 g/mol. The third-order valence-electron chi connectivity index (χ3n) is 4.79. The summed E-state index contributed by atoms with van der Waals surface area (Å²) in [6.07, 6.45) is 6.72. The molecule has 0 aromatic rings. The van der Waals surface area contributed by atoms with Gasteiger partial charge in [-0.05, 0) is 45.6 Å². The second-order valence-electron chi connectivity index (χ2n) is 6.36. The van der Waals surface area contributed by atoms with Gasteiger partial charge in [0.15, 0.2) is 0 Å². The summed E-state index contributed by atoms with van der Waals surface area (Å²) in [5.41, 5.74) is 0. The molecule has 0 spiro atoms. The van der Waals surface area contributed by atoms with E-state index >= 15 is 0 Å². The molecule has 5 nitrogen and oxygen atoms in total. The Bertz CT molecular complexity index is 462. The van der Waals surface area contributed by atoms with Crippen LogP contribution in [-0.2, 0) is 19.4 Å². The first-order valence-electron chi connectivity index (χ1n) is 8.01. The first-order valence-corrected chi connectivity index (χ1v) is 9.96. The fourth-order valence-corrected chi connectivity index (χ4v) is 4.80. The van der Waals surface area contributed by atoms with E-state index in [4.69, 9.17) is 4.74 Å². The summed E-state index contributed by atoms with van der Waals surface area (Å²) in [5.74, 6) is -0.144. The van der Waals surface area contributed by atoms with E-state index in [0.717, 1.165) is 45.2 Å². The molecule has 1 aliphatic carbocycles. The molecule has 2 fully saturated rings. The van der Waals surface area contributed by atoms with Crippen molar-refractivity contribution in [2.75, 3.05) is 26.0 Å². The highest BCUT2D eigenvalue weighted by atomic mass is 32.2. The van der Waals surface area contributed by atoms with E-state index < -0.39 is 9.84 Å². The Morgan fingerprint density at radius 2 is 2.00 bits per heavy atom. The predicted molar refractivity (Wildman–Crippen MR) is 81.8 cm³/mol. The number of carbonyl (C=O) groups excluding carboxylic acids is 1. The molecule has 0 aromatic heterocycles. The quantitative estimate of drug-likeness (QED) is 0.737. The minimum absolute atomic E-state index is 0.0442. The van der Waals surface area contributed by atoms with Crippen molar-refractivity contribution in [1.82, 2.24) is 4.90 Å². The number of hydrogen-bond acceptors (Lipinski definition) is 5. The Kier molecular flexibility index (Phi) is 5.66. The molecule has 122 valence electrons. The van der Waals surface area contributed by atoms with Gasteiger partial charge < -0.3 is 4.74 Å². The van der Waals surface area contributed by atoms with Crippen LogP contribution in [0.3, 0.4) is 0 Å². The van der Waals surface area contributed by atoms with Gasteiger partial charge in [-0.15, -0.1) is 0 Å². The molecule has 3 atom stereocenters. The normalized spacial score (nSPS) is 31.8. The maximum atomic E-state index is 11.9. The van der Waals surface area contributed by atoms with Gasteiger partial charge in [-0.3, -0.25) is 9.69 Å². The van der Waals surface area contributed by atoms with Crippen molar-refractivity contribution in [2.24, 2.45) is 5.92 Å². The summed E-state index contributed by atoms with van der Waals surface area (Å²) >= 11 is 0. The van der Waals surface area contributed by atoms with Gasteiger partial charge in [-0.1, -0.05) is 6.42 Å². The highest BCUT2D eigenvalue weighted by Crippen LogP contribution is 2.30. The van der Waals surface area contributed by atoms with Crippen LogP contribution in [0.15, 0.2) is 0 Å². The van der Waals surface area contributed by atoms with Crippen LogP contribution in [0, 0.1) is 5.92 Å². The molecule has 2 unspecified atom stereocenters. The smallest absolute Gasteiger partial charge is 0.310 e. The largest absolute Gasteiger partial charge is 0.466 e. The zero-order valence-electron chi connectivity index (χ0n) is 13.1. The summed E-state index contributed by atoms with van der Waals surface area (Å²) in [4.78, 5) is 14.2. The van der Waals surface area contributed by atoms with Crippen molar-refractivity contribution in [2.45, 2.75) is 56.7 Å². The number of carbonyl (C=O) groups is 1. The van der Waals surface area contributed by atoms with Crippen LogP contribution in [0.25, 0.3) is 0 Å². The third kappa shape index (κ3) is 4.42. The predicted octanol–water partition coefficient (Wildman–Crippen LogP) is 1.62. The van der Waals surface area contributed by atoms with Gasteiger partial charge in [0.1, 0.15) is 9.84 Å². The number of likely N-dealkylation sites (tertiary alicyclic amines) is 1. The van der Waals surface area contributed by atoms with Crippen LogP contribution in [0.5, 0.6) is 0 Å². The Morgan fingerprint density at radius 3 is 2.67 bits per heavy atom. The van der Waals surface area contributed by atoms with Crippen LogP contribution in [0.1, 0.15) is 45.4 Å². The van der Waals surface area contributed by atoms with Crippen LogP contribution in [0.2, 0.25) is 0 Å². The molecule has 6 heteroatoms. The van der Waals surface area contributed by atoms with Crippen LogP contribution in [0.4, 0.5) is 0 Å². The summed E-state index contributed by atoms with van der Waals surface area (Å²) in [5, 5.41) is -0.209. The van der Waals surface area contributed by atoms with Crippen molar-refractivity contribution in [3.05, 3.63) is 0 Å². The van der Waals surface area contributed by atoms with Gasteiger partial charge in [0, 0.05) is 18.8 Å². The van der Waals surface area contributed by atoms with Gasteiger partial charge in [0.25, 0.3) is 0 Å². The van der Waals surface area contributed by atoms with Crippen molar-refractivity contribution >= 4 is 15.8 Å². The maximum absolute atomic E-state index is 11.9. The van der Waals surface area contributed by atoms with Crippen molar-refractivity contribution in [1.29, 1.82) is 0 Å². The molecule has 1 saturated carbocycles. The van der Waals surface area contributed by atoms with E-state index in [-0.39, 0.29) is 17.1 Å². The fourth-order valence-electron chi connectivity index (χ4n) is 3.63. The molecule has 0 amide bonds. The average Bonchev–Trinajstić information content (AvgIpc) is 2.47. The highest BCUT2D eigenvalue weighted by molar-refractivity contribution is 7.91. The molecule has 2 rings (SSSR count). The van der Waals surface area contributed by atoms with E-state index in [1.807, 2.05) is 6.92 Å². The van der Waals surface area contributed by atoms with Gasteiger partial charge in [-0.2, -0.15) is 0 Å². The lowest BCUT2D eigenvalue weighted by molar-refractivity contribution is -0.150. The lowest BCUT2D eigenvalue weighted by atomic mass is 9.90. The Morgan fingerprint density at radius 1 is 1.24 bits per heavy atom. The molecule has 0 radical (unpaired) electrons. The van der Waals surface area contributed by atoms with Gasteiger partial charge in [0.05, 0.1) is 17.8 Å².